The second-order valence-electron chi connectivity index (χ2n) is 12.9. The van der Waals surface area contributed by atoms with Gasteiger partial charge < -0.3 is 11.5 Å². The fourth-order valence-corrected chi connectivity index (χ4v) is 5.80. The number of halogens is 16. The van der Waals surface area contributed by atoms with Gasteiger partial charge in [-0.25, -0.2) is 0 Å². The van der Waals surface area contributed by atoms with Gasteiger partial charge in [0.2, 0.25) is 0 Å². The van der Waals surface area contributed by atoms with Gasteiger partial charge in [0, 0.05) is 22.5 Å². The number of anilines is 2. The normalized spacial score (nSPS) is 17.4. The van der Waals surface area contributed by atoms with Crippen LogP contribution in [-0.2, 0) is 24.7 Å². The van der Waals surface area contributed by atoms with Gasteiger partial charge in [-0.2, -0.15) is 70.2 Å². The average Bonchev–Trinajstić information content (AvgIpc) is 3.93. The van der Waals surface area contributed by atoms with E-state index in [0.717, 1.165) is 0 Å². The Hall–Kier alpha value is -3.08. The number of hydrogen-bond donors (Lipinski definition) is 2. The van der Waals surface area contributed by atoms with E-state index in [1.807, 2.05) is 0 Å². The lowest BCUT2D eigenvalue weighted by Gasteiger charge is -2.44. The van der Waals surface area contributed by atoms with Crippen LogP contribution >= 0.6 is 0 Å². The highest BCUT2D eigenvalue weighted by atomic mass is 19.4. The first-order valence-electron chi connectivity index (χ1n) is 15.5. The van der Waals surface area contributed by atoms with Crippen molar-refractivity contribution in [3.63, 3.8) is 0 Å². The highest BCUT2D eigenvalue weighted by Crippen LogP contribution is 2.66. The van der Waals surface area contributed by atoms with E-state index in [2.05, 4.69) is 0 Å². The third kappa shape index (κ3) is 5.64. The molecule has 50 heavy (non-hydrogen) atoms. The van der Waals surface area contributed by atoms with Crippen LogP contribution < -0.4 is 11.5 Å². The van der Waals surface area contributed by atoms with Gasteiger partial charge in [-0.05, 0) is 96.9 Å². The quantitative estimate of drug-likeness (QED) is 0.141. The standard InChI is InChI=1S/C32H32F16N2/c1-3-5-17-11-19(13-21(23(17)49)15-7-8-15)25(33,34)27(37,38)29(41,42)31(45,46)32(47,48)30(43,44)28(39,40)26(35,36)20-12-18(6-4-2)24(50)22(14-20)16-9-10-16/h11-16H,3-10,49-50H2,1-2H3. The van der Waals surface area contributed by atoms with Crippen molar-refractivity contribution in [2.45, 2.75) is 124 Å². The molecule has 0 aromatic heterocycles. The lowest BCUT2D eigenvalue weighted by molar-refractivity contribution is -0.456. The van der Waals surface area contributed by atoms with E-state index in [9.17, 15) is 52.7 Å². The summed E-state index contributed by atoms with van der Waals surface area (Å²) in [7, 11) is 0. The van der Waals surface area contributed by atoms with Gasteiger partial charge in [-0.3, -0.25) is 0 Å². The predicted molar refractivity (Wildman–Crippen MR) is 151 cm³/mol. The summed E-state index contributed by atoms with van der Waals surface area (Å²) in [4.78, 5) is 0. The van der Waals surface area contributed by atoms with Crippen LogP contribution in [0.5, 0.6) is 0 Å². The van der Waals surface area contributed by atoms with Gasteiger partial charge in [0.1, 0.15) is 0 Å². The molecule has 0 amide bonds. The predicted octanol–water partition coefficient (Wildman–Crippen LogP) is 11.2. The van der Waals surface area contributed by atoms with Crippen molar-refractivity contribution < 1.29 is 70.2 Å². The fraction of sp³-hybridized carbons (Fsp3) is 0.625. The average molecular weight is 749 g/mol. The van der Waals surface area contributed by atoms with Crippen LogP contribution in [0.2, 0.25) is 0 Å². The lowest BCUT2D eigenvalue weighted by atomic mass is 9.83. The molecule has 2 aromatic rings. The van der Waals surface area contributed by atoms with E-state index in [0.29, 0.717) is 0 Å². The zero-order valence-corrected chi connectivity index (χ0v) is 26.3. The Morgan fingerprint density at radius 3 is 0.960 bits per heavy atom. The third-order valence-corrected chi connectivity index (χ3v) is 9.15. The van der Waals surface area contributed by atoms with E-state index in [1.165, 1.54) is 13.8 Å². The van der Waals surface area contributed by atoms with Gasteiger partial charge >= 0.3 is 47.4 Å². The fourth-order valence-electron chi connectivity index (χ4n) is 5.80. The van der Waals surface area contributed by atoms with Gasteiger partial charge in [-0.1, -0.05) is 26.7 Å². The minimum atomic E-state index is -8.51. The molecule has 0 atom stereocenters. The Balaban J connectivity index is 1.80. The molecule has 282 valence electrons. The molecule has 2 aliphatic rings. The van der Waals surface area contributed by atoms with Gasteiger partial charge in [0.15, 0.2) is 0 Å². The zero-order valence-electron chi connectivity index (χ0n) is 26.3. The summed E-state index contributed by atoms with van der Waals surface area (Å²) < 4.78 is 240. The van der Waals surface area contributed by atoms with Crippen LogP contribution in [0.25, 0.3) is 0 Å². The van der Waals surface area contributed by atoms with E-state index < -0.39 is 70.3 Å². The van der Waals surface area contributed by atoms with Crippen molar-refractivity contribution in [3.8, 4) is 0 Å². The molecule has 18 heteroatoms. The maximum absolute atomic E-state index is 15.2. The van der Waals surface area contributed by atoms with Crippen molar-refractivity contribution in [2.24, 2.45) is 0 Å². The molecule has 2 saturated carbocycles. The molecule has 2 aromatic carbocycles. The molecule has 0 heterocycles. The molecular formula is C32H32F16N2. The Kier molecular flexibility index (Phi) is 9.74. The van der Waals surface area contributed by atoms with Crippen LogP contribution in [-0.4, -0.2) is 35.5 Å². The number of benzene rings is 2. The maximum Gasteiger partial charge on any atom is 0.385 e. The number of hydrogen-bond acceptors (Lipinski definition) is 2. The maximum atomic E-state index is 15.2. The van der Waals surface area contributed by atoms with Crippen LogP contribution in [0.15, 0.2) is 24.3 Å². The summed E-state index contributed by atoms with van der Waals surface area (Å²) in [5.41, 5.74) is 5.70. The molecule has 0 radical (unpaired) electrons. The zero-order chi connectivity index (χ0) is 38.3. The highest BCUT2D eigenvalue weighted by Gasteiger charge is 2.95. The Morgan fingerprint density at radius 2 is 0.720 bits per heavy atom. The number of nitrogens with two attached hydrogens (primary N) is 2. The summed E-state index contributed by atoms with van der Waals surface area (Å²) in [6.45, 7) is 2.91. The van der Waals surface area contributed by atoms with E-state index in [4.69, 9.17) is 11.5 Å². The van der Waals surface area contributed by atoms with E-state index in [1.54, 1.807) is 0 Å². The van der Waals surface area contributed by atoms with Crippen molar-refractivity contribution in [1.29, 1.82) is 0 Å². The van der Waals surface area contributed by atoms with Gasteiger partial charge in [0.25, 0.3) is 0 Å². The first-order valence-corrected chi connectivity index (χ1v) is 15.5. The topological polar surface area (TPSA) is 52.0 Å². The summed E-state index contributed by atoms with van der Waals surface area (Å²) in [6, 6.07) is 0.517. The Morgan fingerprint density at radius 1 is 0.460 bits per heavy atom. The van der Waals surface area contributed by atoms with Crippen molar-refractivity contribution in [3.05, 3.63) is 57.6 Å². The van der Waals surface area contributed by atoms with Crippen molar-refractivity contribution in [2.75, 3.05) is 11.5 Å². The summed E-state index contributed by atoms with van der Waals surface area (Å²) in [6.07, 6.45) is 0.760. The number of nitrogen functional groups attached to an aromatic ring is 2. The van der Waals surface area contributed by atoms with Crippen LogP contribution in [0.1, 0.15) is 97.6 Å². The van der Waals surface area contributed by atoms with Crippen LogP contribution in [0, 0.1) is 0 Å². The second kappa shape index (κ2) is 12.3. The number of aryl methyl sites for hydroxylation is 2. The minimum Gasteiger partial charge on any atom is -0.398 e. The second-order valence-corrected chi connectivity index (χ2v) is 12.9. The molecule has 0 unspecified atom stereocenters. The SMILES string of the molecule is CCCc1cc(C(F)(F)C(F)(F)C(F)(F)C(F)(F)C(F)(F)C(F)(F)C(F)(F)C(F)(F)c2cc(CCC)c(N)c(C3CC3)c2)cc(C2CC2)c1N. The molecule has 2 aliphatic carbocycles. The molecule has 2 fully saturated rings. The molecule has 2 nitrogen and oxygen atoms in total. The molecule has 0 spiro atoms. The summed E-state index contributed by atoms with van der Waals surface area (Å²) in [5, 5.41) is 0. The Labute approximate surface area is 275 Å². The molecular weight excluding hydrogens is 716 g/mol. The summed E-state index contributed by atoms with van der Waals surface area (Å²) in [5.74, 6) is -63.4. The molecule has 0 saturated heterocycles. The Bertz CT molecular complexity index is 1480. The number of rotatable bonds is 15. The molecule has 4 rings (SSSR count). The van der Waals surface area contributed by atoms with Gasteiger partial charge in [0.05, 0.1) is 0 Å². The molecule has 4 N–H and O–H groups in total. The monoisotopic (exact) mass is 748 g/mol. The molecule has 0 bridgehead atoms. The largest absolute Gasteiger partial charge is 0.398 e. The highest BCUT2D eigenvalue weighted by molar-refractivity contribution is 5.60. The minimum absolute atomic E-state index is 0.103. The first kappa shape index (κ1) is 39.7. The third-order valence-electron chi connectivity index (χ3n) is 9.15. The molecule has 0 aliphatic heterocycles. The smallest absolute Gasteiger partial charge is 0.385 e. The van der Waals surface area contributed by atoms with Crippen LogP contribution in [0.3, 0.4) is 0 Å². The van der Waals surface area contributed by atoms with Crippen LogP contribution in [0.4, 0.5) is 81.6 Å². The van der Waals surface area contributed by atoms with Crippen molar-refractivity contribution >= 4 is 11.4 Å². The van der Waals surface area contributed by atoms with E-state index >= 15 is 17.6 Å². The van der Waals surface area contributed by atoms with Gasteiger partial charge in [-0.15, -0.1) is 0 Å². The first-order chi connectivity index (χ1) is 22.6. The van der Waals surface area contributed by atoms with E-state index in [-0.39, 0.29) is 109 Å². The lowest BCUT2D eigenvalue weighted by Crippen LogP contribution is -2.74. The number of alkyl halides is 16. The summed E-state index contributed by atoms with van der Waals surface area (Å²) >= 11 is 0. The van der Waals surface area contributed by atoms with Crippen molar-refractivity contribution in [1.82, 2.24) is 0 Å².